The SMILES string of the molecule is CC(=O)c1sc(C=O)cc1Br. The number of aldehydes is 1. The molecule has 0 aliphatic carbocycles. The van der Waals surface area contributed by atoms with Crippen LogP contribution < -0.4 is 0 Å². The van der Waals surface area contributed by atoms with Crippen molar-refractivity contribution in [3.8, 4) is 0 Å². The highest BCUT2D eigenvalue weighted by atomic mass is 79.9. The van der Waals surface area contributed by atoms with E-state index < -0.39 is 0 Å². The van der Waals surface area contributed by atoms with E-state index in [4.69, 9.17) is 0 Å². The van der Waals surface area contributed by atoms with E-state index in [1.165, 1.54) is 18.3 Å². The number of thiophene rings is 1. The summed E-state index contributed by atoms with van der Waals surface area (Å²) in [5.41, 5.74) is 0. The Morgan fingerprint density at radius 2 is 2.36 bits per heavy atom. The topological polar surface area (TPSA) is 34.1 Å². The minimum absolute atomic E-state index is 0.0185. The number of halogens is 1. The van der Waals surface area contributed by atoms with Crippen molar-refractivity contribution in [2.45, 2.75) is 6.92 Å². The predicted octanol–water partition coefficient (Wildman–Crippen LogP) is 2.53. The van der Waals surface area contributed by atoms with Crippen molar-refractivity contribution in [1.82, 2.24) is 0 Å². The molecule has 2 nitrogen and oxygen atoms in total. The highest BCUT2D eigenvalue weighted by molar-refractivity contribution is 9.10. The number of hydrogen-bond acceptors (Lipinski definition) is 3. The van der Waals surface area contributed by atoms with Gasteiger partial charge in [0.1, 0.15) is 0 Å². The summed E-state index contributed by atoms with van der Waals surface area (Å²) in [6.07, 6.45) is 0.738. The van der Waals surface area contributed by atoms with E-state index in [9.17, 15) is 9.59 Å². The zero-order valence-corrected chi connectivity index (χ0v) is 8.16. The zero-order chi connectivity index (χ0) is 8.43. The Hall–Kier alpha value is -0.480. The van der Waals surface area contributed by atoms with E-state index in [1.807, 2.05) is 0 Å². The molecule has 0 aliphatic rings. The van der Waals surface area contributed by atoms with Crippen LogP contribution in [0.2, 0.25) is 0 Å². The Labute approximate surface area is 76.4 Å². The maximum absolute atomic E-state index is 10.9. The molecule has 1 aromatic rings. The molecular weight excluding hydrogens is 228 g/mol. The van der Waals surface area contributed by atoms with Gasteiger partial charge in [-0.2, -0.15) is 0 Å². The molecule has 0 unspecified atom stereocenters. The van der Waals surface area contributed by atoms with Crippen molar-refractivity contribution in [3.63, 3.8) is 0 Å². The molecule has 1 heterocycles. The van der Waals surface area contributed by atoms with Crippen LogP contribution in [-0.2, 0) is 0 Å². The first-order chi connectivity index (χ1) is 5.15. The Morgan fingerprint density at radius 3 is 2.64 bits per heavy atom. The summed E-state index contributed by atoms with van der Waals surface area (Å²) in [4.78, 5) is 22.3. The van der Waals surface area contributed by atoms with Crippen LogP contribution in [0.5, 0.6) is 0 Å². The zero-order valence-electron chi connectivity index (χ0n) is 5.76. The van der Waals surface area contributed by atoms with Gasteiger partial charge in [0.2, 0.25) is 0 Å². The second-order valence-electron chi connectivity index (χ2n) is 2.00. The molecular formula is C7H5BrO2S. The van der Waals surface area contributed by atoms with Crippen LogP contribution in [0.25, 0.3) is 0 Å². The fourth-order valence-corrected chi connectivity index (χ4v) is 2.37. The standard InChI is InChI=1S/C7H5BrO2S/c1-4(10)7-6(8)2-5(3-9)11-7/h2-3H,1H3. The molecule has 1 rings (SSSR count). The normalized spacial score (nSPS) is 9.64. The molecule has 1 aromatic heterocycles. The van der Waals surface area contributed by atoms with Gasteiger partial charge in [-0.3, -0.25) is 9.59 Å². The molecule has 0 amide bonds. The second kappa shape index (κ2) is 3.28. The molecule has 0 spiro atoms. The molecule has 0 bridgehead atoms. The summed E-state index contributed by atoms with van der Waals surface area (Å²) in [7, 11) is 0. The number of hydrogen-bond donors (Lipinski definition) is 0. The summed E-state index contributed by atoms with van der Waals surface area (Å²) in [5, 5.41) is 0. The van der Waals surface area contributed by atoms with Crippen molar-refractivity contribution in [2.24, 2.45) is 0 Å². The fourth-order valence-electron chi connectivity index (χ4n) is 0.685. The summed E-state index contributed by atoms with van der Waals surface area (Å²) in [6, 6.07) is 1.65. The molecule has 11 heavy (non-hydrogen) atoms. The Balaban J connectivity index is 3.16. The third-order valence-electron chi connectivity index (χ3n) is 1.14. The summed E-state index contributed by atoms with van der Waals surface area (Å²) in [5.74, 6) is -0.0185. The van der Waals surface area contributed by atoms with Crippen molar-refractivity contribution in [2.75, 3.05) is 0 Å². The molecule has 0 aromatic carbocycles. The molecule has 0 fully saturated rings. The summed E-state index contributed by atoms with van der Waals surface area (Å²) < 4.78 is 0.706. The first kappa shape index (κ1) is 8.62. The van der Waals surface area contributed by atoms with Crippen molar-refractivity contribution in [1.29, 1.82) is 0 Å². The molecule has 58 valence electrons. The molecule has 0 atom stereocenters. The van der Waals surface area contributed by atoms with Gasteiger partial charge in [0.05, 0.1) is 9.75 Å². The van der Waals surface area contributed by atoms with E-state index in [1.54, 1.807) is 6.07 Å². The van der Waals surface area contributed by atoms with Crippen LogP contribution in [0.15, 0.2) is 10.5 Å². The number of ketones is 1. The van der Waals surface area contributed by atoms with Crippen molar-refractivity contribution >= 4 is 39.3 Å². The third-order valence-corrected chi connectivity index (χ3v) is 3.19. The number of carbonyl (C=O) groups excluding carboxylic acids is 2. The number of rotatable bonds is 2. The average molecular weight is 233 g/mol. The smallest absolute Gasteiger partial charge is 0.170 e. The van der Waals surface area contributed by atoms with E-state index in [0.29, 0.717) is 14.2 Å². The minimum Gasteiger partial charge on any atom is -0.297 e. The maximum atomic E-state index is 10.9. The van der Waals surface area contributed by atoms with Crippen LogP contribution >= 0.6 is 27.3 Å². The molecule has 0 radical (unpaired) electrons. The van der Waals surface area contributed by atoms with Crippen molar-refractivity contribution in [3.05, 3.63) is 20.3 Å². The molecule has 0 N–H and O–H groups in total. The fraction of sp³-hybridized carbons (Fsp3) is 0.143. The maximum Gasteiger partial charge on any atom is 0.170 e. The highest BCUT2D eigenvalue weighted by Gasteiger charge is 2.09. The minimum atomic E-state index is -0.0185. The Kier molecular flexibility index (Phi) is 2.57. The predicted molar refractivity (Wildman–Crippen MR) is 47.4 cm³/mol. The van der Waals surface area contributed by atoms with Gasteiger partial charge in [-0.25, -0.2) is 0 Å². The van der Waals surface area contributed by atoms with E-state index in [-0.39, 0.29) is 5.78 Å². The first-order valence-electron chi connectivity index (χ1n) is 2.90. The van der Waals surface area contributed by atoms with Gasteiger partial charge < -0.3 is 0 Å². The van der Waals surface area contributed by atoms with Gasteiger partial charge >= 0.3 is 0 Å². The molecule has 4 heteroatoms. The van der Waals surface area contributed by atoms with Crippen LogP contribution in [0.1, 0.15) is 26.3 Å². The van der Waals surface area contributed by atoms with Gasteiger partial charge in [-0.15, -0.1) is 11.3 Å². The monoisotopic (exact) mass is 232 g/mol. The lowest BCUT2D eigenvalue weighted by molar-refractivity contribution is 0.102. The van der Waals surface area contributed by atoms with Crippen LogP contribution in [0.3, 0.4) is 0 Å². The summed E-state index contributed by atoms with van der Waals surface area (Å²) >= 11 is 4.39. The second-order valence-corrected chi connectivity index (χ2v) is 3.94. The number of Topliss-reactive ketones (excluding diaryl/α,β-unsaturated/α-hetero) is 1. The van der Waals surface area contributed by atoms with Gasteiger partial charge in [-0.1, -0.05) is 0 Å². The largest absolute Gasteiger partial charge is 0.297 e. The average Bonchev–Trinajstić information content (AvgIpc) is 2.30. The quantitative estimate of drug-likeness (QED) is 0.581. The Bertz CT molecular complexity index is 303. The lowest BCUT2D eigenvalue weighted by Gasteiger charge is -1.85. The van der Waals surface area contributed by atoms with Crippen LogP contribution in [0.4, 0.5) is 0 Å². The van der Waals surface area contributed by atoms with Crippen LogP contribution in [-0.4, -0.2) is 12.1 Å². The summed E-state index contributed by atoms with van der Waals surface area (Å²) in [6.45, 7) is 1.48. The third kappa shape index (κ3) is 1.75. The van der Waals surface area contributed by atoms with Gasteiger partial charge in [0.15, 0.2) is 12.1 Å². The molecule has 0 saturated heterocycles. The molecule has 0 saturated carbocycles. The first-order valence-corrected chi connectivity index (χ1v) is 4.51. The van der Waals surface area contributed by atoms with Crippen LogP contribution in [0, 0.1) is 0 Å². The van der Waals surface area contributed by atoms with Gasteiger partial charge in [0.25, 0.3) is 0 Å². The molecule has 0 aliphatic heterocycles. The van der Waals surface area contributed by atoms with Gasteiger partial charge in [0, 0.05) is 4.47 Å². The lowest BCUT2D eigenvalue weighted by atomic mass is 10.3. The van der Waals surface area contributed by atoms with Crippen molar-refractivity contribution < 1.29 is 9.59 Å². The van der Waals surface area contributed by atoms with E-state index >= 15 is 0 Å². The Morgan fingerprint density at radius 1 is 1.73 bits per heavy atom. The number of carbonyl (C=O) groups is 2. The lowest BCUT2D eigenvalue weighted by Crippen LogP contribution is -1.85. The highest BCUT2D eigenvalue weighted by Crippen LogP contribution is 2.26. The van der Waals surface area contributed by atoms with E-state index in [0.717, 1.165) is 6.29 Å². The van der Waals surface area contributed by atoms with Gasteiger partial charge in [-0.05, 0) is 28.9 Å². The van der Waals surface area contributed by atoms with E-state index in [2.05, 4.69) is 15.9 Å².